The lowest BCUT2D eigenvalue weighted by atomic mass is 9.95. The average Bonchev–Trinajstić information content (AvgIpc) is 2.87. The Morgan fingerprint density at radius 2 is 2.14 bits per heavy atom. The van der Waals surface area contributed by atoms with Gasteiger partial charge in [0.15, 0.2) is 0 Å². The van der Waals surface area contributed by atoms with Gasteiger partial charge in [0.1, 0.15) is 12.7 Å². The van der Waals surface area contributed by atoms with Gasteiger partial charge in [-0.15, -0.1) is 0 Å². The largest absolute Gasteiger partial charge is 0.475 e. The fraction of sp³-hybridized carbons (Fsp3) is 0.370. The van der Waals surface area contributed by atoms with Gasteiger partial charge < -0.3 is 19.5 Å². The molecule has 182 valence electrons. The summed E-state index contributed by atoms with van der Waals surface area (Å²) in [7, 11) is 1.62. The van der Waals surface area contributed by atoms with Crippen LogP contribution in [0, 0.1) is 11.8 Å². The third-order valence-electron chi connectivity index (χ3n) is 5.64. The molecule has 0 spiro atoms. The maximum atomic E-state index is 12.6. The number of rotatable bonds is 10. The standard InChI is InChI=1S/C27H30N4O4/c1-3-34-23(18-33-2)19-35-26-15-25-24-9-8-20(14-22(24)10-13-31(25)27(32)30-26)6-4-11-28-16-21-7-5-12-29-17-21/h5,7-9,12,14-15,17,23,28H,3,10-11,13,16,18-19H2,1-2H3. The molecule has 0 fully saturated rings. The van der Waals surface area contributed by atoms with Gasteiger partial charge in [0.25, 0.3) is 0 Å². The smallest absolute Gasteiger partial charge is 0.351 e. The number of pyridine rings is 1. The highest BCUT2D eigenvalue weighted by Crippen LogP contribution is 2.30. The van der Waals surface area contributed by atoms with Crippen LogP contribution in [0.2, 0.25) is 0 Å². The Bertz CT molecular complexity index is 1240. The van der Waals surface area contributed by atoms with Crippen molar-refractivity contribution >= 4 is 0 Å². The summed E-state index contributed by atoms with van der Waals surface area (Å²) in [4.78, 5) is 20.9. The molecule has 0 saturated carbocycles. The van der Waals surface area contributed by atoms with E-state index in [1.165, 1.54) is 0 Å². The van der Waals surface area contributed by atoms with E-state index in [4.69, 9.17) is 14.2 Å². The van der Waals surface area contributed by atoms with Crippen LogP contribution in [-0.4, -0.2) is 54.1 Å². The van der Waals surface area contributed by atoms with E-state index in [9.17, 15) is 4.79 Å². The highest BCUT2D eigenvalue weighted by molar-refractivity contribution is 5.67. The first-order chi connectivity index (χ1) is 17.2. The number of fused-ring (bicyclic) bond motifs is 3. The van der Waals surface area contributed by atoms with E-state index in [1.54, 1.807) is 17.9 Å². The number of aryl methyl sites for hydroxylation is 1. The van der Waals surface area contributed by atoms with Crippen molar-refractivity contribution < 1.29 is 14.2 Å². The molecular formula is C27H30N4O4. The number of nitrogens with one attached hydrogen (secondary N) is 1. The van der Waals surface area contributed by atoms with Crippen LogP contribution in [0.25, 0.3) is 11.3 Å². The minimum atomic E-state index is -0.314. The summed E-state index contributed by atoms with van der Waals surface area (Å²) >= 11 is 0. The SMILES string of the molecule is CCOC(COC)COc1cc2n(c(=O)n1)CCc1cc(C#CCNCc3cccnc3)ccc1-2. The predicted octanol–water partition coefficient (Wildman–Crippen LogP) is 2.43. The molecule has 35 heavy (non-hydrogen) atoms. The fourth-order valence-electron chi connectivity index (χ4n) is 4.02. The summed E-state index contributed by atoms with van der Waals surface area (Å²) in [6, 6.07) is 11.9. The summed E-state index contributed by atoms with van der Waals surface area (Å²) in [6.45, 7) is 5.02. The van der Waals surface area contributed by atoms with Crippen molar-refractivity contribution in [1.82, 2.24) is 19.9 Å². The van der Waals surface area contributed by atoms with Gasteiger partial charge in [0, 0.05) is 56.4 Å². The van der Waals surface area contributed by atoms with Crippen LogP contribution in [0.4, 0.5) is 0 Å². The Morgan fingerprint density at radius 3 is 2.94 bits per heavy atom. The van der Waals surface area contributed by atoms with E-state index >= 15 is 0 Å². The molecule has 0 amide bonds. The Labute approximate surface area is 205 Å². The first kappa shape index (κ1) is 24.6. The molecule has 1 N–H and O–H groups in total. The quantitative estimate of drug-likeness (QED) is 0.357. The second-order valence-corrected chi connectivity index (χ2v) is 8.15. The van der Waals surface area contributed by atoms with Gasteiger partial charge >= 0.3 is 5.69 Å². The second kappa shape index (κ2) is 12.3. The summed E-state index contributed by atoms with van der Waals surface area (Å²) in [5, 5.41) is 3.31. The van der Waals surface area contributed by atoms with Gasteiger partial charge in [-0.25, -0.2) is 4.79 Å². The van der Waals surface area contributed by atoms with E-state index in [0.29, 0.717) is 32.2 Å². The van der Waals surface area contributed by atoms with E-state index < -0.39 is 0 Å². The van der Waals surface area contributed by atoms with Crippen LogP contribution < -0.4 is 15.7 Å². The van der Waals surface area contributed by atoms with E-state index in [1.807, 2.05) is 43.5 Å². The number of methoxy groups -OCH3 is 1. The van der Waals surface area contributed by atoms with Gasteiger partial charge in [-0.2, -0.15) is 4.98 Å². The lowest BCUT2D eigenvalue weighted by Crippen LogP contribution is -2.30. The Morgan fingerprint density at radius 1 is 1.23 bits per heavy atom. The van der Waals surface area contributed by atoms with E-state index in [0.717, 1.165) is 40.9 Å². The Balaban J connectivity index is 1.44. The molecule has 3 heterocycles. The van der Waals surface area contributed by atoms with Crippen molar-refractivity contribution in [3.8, 4) is 29.0 Å². The van der Waals surface area contributed by atoms with Crippen LogP contribution in [0.15, 0.2) is 53.6 Å². The van der Waals surface area contributed by atoms with Crippen molar-refractivity contribution in [2.45, 2.75) is 32.5 Å². The molecular weight excluding hydrogens is 444 g/mol. The summed E-state index contributed by atoms with van der Waals surface area (Å²) < 4.78 is 18.3. The number of aromatic nitrogens is 3. The topological polar surface area (TPSA) is 87.5 Å². The molecule has 0 radical (unpaired) electrons. The molecule has 8 heteroatoms. The summed E-state index contributed by atoms with van der Waals surface area (Å²) in [6.07, 6.45) is 4.13. The molecule has 0 bridgehead atoms. The van der Waals surface area contributed by atoms with E-state index in [2.05, 4.69) is 33.2 Å². The molecule has 0 saturated heterocycles. The van der Waals surface area contributed by atoms with Gasteiger partial charge in [-0.05, 0) is 42.7 Å². The molecule has 1 aliphatic heterocycles. The number of hydrogen-bond donors (Lipinski definition) is 1. The van der Waals surface area contributed by atoms with Crippen molar-refractivity contribution in [1.29, 1.82) is 0 Å². The minimum Gasteiger partial charge on any atom is -0.475 e. The second-order valence-electron chi connectivity index (χ2n) is 8.15. The van der Waals surface area contributed by atoms with Crippen LogP contribution in [0.5, 0.6) is 5.88 Å². The lowest BCUT2D eigenvalue weighted by molar-refractivity contribution is -0.0211. The van der Waals surface area contributed by atoms with Gasteiger partial charge in [0.05, 0.1) is 18.8 Å². The Hall–Kier alpha value is -3.51. The highest BCUT2D eigenvalue weighted by atomic mass is 16.6. The minimum absolute atomic E-state index is 0.224. The van der Waals surface area contributed by atoms with Gasteiger partial charge in [-0.1, -0.05) is 24.0 Å². The van der Waals surface area contributed by atoms with Crippen LogP contribution in [0.1, 0.15) is 23.6 Å². The zero-order valence-corrected chi connectivity index (χ0v) is 20.1. The number of ether oxygens (including phenoxy) is 3. The molecule has 1 aliphatic rings. The first-order valence-electron chi connectivity index (χ1n) is 11.7. The van der Waals surface area contributed by atoms with Crippen molar-refractivity contribution in [3.63, 3.8) is 0 Å². The summed E-state index contributed by atoms with van der Waals surface area (Å²) in [5.41, 5.74) is 4.72. The number of nitrogens with zero attached hydrogens (tertiary/aromatic N) is 3. The molecule has 1 aromatic carbocycles. The third-order valence-corrected chi connectivity index (χ3v) is 5.64. The molecule has 1 unspecified atom stereocenters. The molecule has 4 rings (SSSR count). The predicted molar refractivity (Wildman–Crippen MR) is 133 cm³/mol. The van der Waals surface area contributed by atoms with Crippen LogP contribution >= 0.6 is 0 Å². The maximum Gasteiger partial charge on any atom is 0.351 e. The molecule has 8 nitrogen and oxygen atoms in total. The van der Waals surface area contributed by atoms with Crippen molar-refractivity contribution in [3.05, 3.63) is 76.0 Å². The lowest BCUT2D eigenvalue weighted by Gasteiger charge is -2.22. The van der Waals surface area contributed by atoms with E-state index in [-0.39, 0.29) is 18.4 Å². The highest BCUT2D eigenvalue weighted by Gasteiger charge is 2.20. The zero-order chi connectivity index (χ0) is 24.5. The first-order valence-corrected chi connectivity index (χ1v) is 11.7. The Kier molecular flexibility index (Phi) is 8.63. The number of hydrogen-bond acceptors (Lipinski definition) is 7. The molecule has 1 atom stereocenters. The fourth-order valence-corrected chi connectivity index (χ4v) is 4.02. The average molecular weight is 475 g/mol. The van der Waals surface area contributed by atoms with Gasteiger partial charge in [-0.3, -0.25) is 9.55 Å². The third kappa shape index (κ3) is 6.55. The molecule has 0 aliphatic carbocycles. The molecule has 3 aromatic rings. The van der Waals surface area contributed by atoms with Crippen molar-refractivity contribution in [2.75, 3.05) is 33.5 Å². The zero-order valence-electron chi connectivity index (χ0n) is 20.1. The van der Waals surface area contributed by atoms with Crippen molar-refractivity contribution in [2.24, 2.45) is 0 Å². The number of benzene rings is 1. The normalized spacial score (nSPS) is 12.7. The van der Waals surface area contributed by atoms with Crippen LogP contribution in [-0.2, 0) is 29.0 Å². The van der Waals surface area contributed by atoms with Gasteiger partial charge in [0.2, 0.25) is 5.88 Å². The molecule has 2 aromatic heterocycles. The maximum absolute atomic E-state index is 12.6. The summed E-state index contributed by atoms with van der Waals surface area (Å²) in [5.74, 6) is 6.69. The van der Waals surface area contributed by atoms with Crippen LogP contribution in [0.3, 0.4) is 0 Å². The monoisotopic (exact) mass is 474 g/mol.